The number of benzene rings is 2. The molecule has 1 fully saturated rings. The van der Waals surface area contributed by atoms with Crippen molar-refractivity contribution in [3.8, 4) is 17.2 Å². The predicted octanol–water partition coefficient (Wildman–Crippen LogP) is 4.58. The molecule has 1 saturated carbocycles. The Hall–Kier alpha value is -2.93. The lowest BCUT2D eigenvalue weighted by molar-refractivity contribution is -0.130. The van der Waals surface area contributed by atoms with Crippen molar-refractivity contribution in [2.75, 3.05) is 0 Å². The van der Waals surface area contributed by atoms with E-state index in [4.69, 9.17) is 10.7 Å². The van der Waals surface area contributed by atoms with Crippen LogP contribution in [0.25, 0.3) is 11.1 Å². The van der Waals surface area contributed by atoms with Gasteiger partial charge < -0.3 is 5.73 Å². The number of nitriles is 1. The van der Waals surface area contributed by atoms with E-state index in [9.17, 15) is 10.1 Å². The Morgan fingerprint density at radius 3 is 2.50 bits per heavy atom. The fourth-order valence-corrected chi connectivity index (χ4v) is 4.63. The first kappa shape index (κ1) is 18.4. The molecular formula is C24H25N3O. The van der Waals surface area contributed by atoms with E-state index in [-0.39, 0.29) is 5.92 Å². The molecule has 1 heterocycles. The van der Waals surface area contributed by atoms with Crippen LogP contribution in [0.2, 0.25) is 0 Å². The standard InChI is InChI=1S/C24H25N3O/c1-16-9-10-21(26)27-23(2,24(11-12-24)22(16)28)20-8-4-7-19(14-20)18-6-3-5-17(13-18)15-25/h3-8,13-14,16H,9-12H2,1-2H3,(H2,26,27)/t16?,23-/m1/s1. The quantitative estimate of drug-likeness (QED) is 0.839. The van der Waals surface area contributed by atoms with Gasteiger partial charge in [0.2, 0.25) is 0 Å². The van der Waals surface area contributed by atoms with Crippen LogP contribution in [0.1, 0.15) is 50.7 Å². The largest absolute Gasteiger partial charge is 0.387 e. The zero-order chi connectivity index (χ0) is 19.9. The molecule has 4 heteroatoms. The lowest BCUT2D eigenvalue weighted by Crippen LogP contribution is -2.43. The Bertz CT molecular complexity index is 1010. The van der Waals surface area contributed by atoms with Gasteiger partial charge in [-0.1, -0.05) is 37.3 Å². The van der Waals surface area contributed by atoms with Gasteiger partial charge in [0.05, 0.1) is 28.4 Å². The minimum atomic E-state index is -0.661. The minimum absolute atomic E-state index is 0.00590. The Kier molecular flexibility index (Phi) is 4.34. The highest BCUT2D eigenvalue weighted by atomic mass is 16.1. The van der Waals surface area contributed by atoms with Crippen molar-refractivity contribution in [3.63, 3.8) is 0 Å². The first-order valence-corrected chi connectivity index (χ1v) is 9.89. The molecule has 2 aromatic carbocycles. The van der Waals surface area contributed by atoms with Crippen LogP contribution in [0.5, 0.6) is 0 Å². The van der Waals surface area contributed by atoms with Crippen LogP contribution in [0.4, 0.5) is 0 Å². The maximum Gasteiger partial charge on any atom is 0.144 e. The summed E-state index contributed by atoms with van der Waals surface area (Å²) in [5, 5.41) is 9.21. The first-order valence-electron chi connectivity index (χ1n) is 9.89. The second-order valence-electron chi connectivity index (χ2n) is 8.33. The number of carbonyl (C=O) groups is 1. The average molecular weight is 371 g/mol. The Morgan fingerprint density at radius 2 is 1.82 bits per heavy atom. The van der Waals surface area contributed by atoms with Gasteiger partial charge in [-0.05, 0) is 61.1 Å². The fraction of sp³-hybridized carbons (Fsp3) is 0.375. The molecule has 0 aromatic heterocycles. The van der Waals surface area contributed by atoms with Gasteiger partial charge in [0.15, 0.2) is 0 Å². The van der Waals surface area contributed by atoms with Crippen LogP contribution in [0, 0.1) is 22.7 Å². The molecule has 2 N–H and O–H groups in total. The summed E-state index contributed by atoms with van der Waals surface area (Å²) >= 11 is 0. The summed E-state index contributed by atoms with van der Waals surface area (Å²) in [5.41, 5.74) is 8.79. The number of amidine groups is 1. The molecule has 4 rings (SSSR count). The Balaban J connectivity index is 1.85. The van der Waals surface area contributed by atoms with Crippen LogP contribution in [0.15, 0.2) is 53.5 Å². The lowest BCUT2D eigenvalue weighted by atomic mass is 9.70. The highest BCUT2D eigenvalue weighted by Gasteiger charge is 2.63. The summed E-state index contributed by atoms with van der Waals surface area (Å²) in [6.07, 6.45) is 3.14. The summed E-state index contributed by atoms with van der Waals surface area (Å²) in [4.78, 5) is 18.2. The molecule has 2 aliphatic rings. The monoisotopic (exact) mass is 371 g/mol. The molecule has 142 valence electrons. The number of hydrogen-bond donors (Lipinski definition) is 1. The van der Waals surface area contributed by atoms with Crippen molar-refractivity contribution in [2.24, 2.45) is 22.1 Å². The van der Waals surface area contributed by atoms with Gasteiger partial charge in [0, 0.05) is 12.3 Å². The number of ketones is 1. The third kappa shape index (κ3) is 2.82. The van der Waals surface area contributed by atoms with Crippen molar-refractivity contribution in [3.05, 3.63) is 59.7 Å². The SMILES string of the molecule is CC1CCC(N)=N[C@](C)(c2cccc(-c3cccc(C#N)c3)c2)C2(CC2)C1=O. The van der Waals surface area contributed by atoms with Gasteiger partial charge in [-0.15, -0.1) is 0 Å². The van der Waals surface area contributed by atoms with Gasteiger partial charge in [-0.25, -0.2) is 0 Å². The summed E-state index contributed by atoms with van der Waals surface area (Å²) in [7, 11) is 0. The molecule has 0 saturated heterocycles. The molecule has 1 unspecified atom stereocenters. The zero-order valence-corrected chi connectivity index (χ0v) is 16.4. The molecular weight excluding hydrogens is 346 g/mol. The van der Waals surface area contributed by atoms with E-state index in [0.717, 1.165) is 36.0 Å². The lowest BCUT2D eigenvalue weighted by Gasteiger charge is -2.38. The number of carbonyl (C=O) groups excluding carboxylic acids is 1. The van der Waals surface area contributed by atoms with Crippen molar-refractivity contribution in [2.45, 2.75) is 45.1 Å². The second-order valence-corrected chi connectivity index (χ2v) is 8.33. The van der Waals surface area contributed by atoms with Gasteiger partial charge in [0.25, 0.3) is 0 Å². The highest BCUT2D eigenvalue weighted by molar-refractivity contribution is 5.93. The molecule has 1 aliphatic heterocycles. The van der Waals surface area contributed by atoms with E-state index in [1.165, 1.54) is 0 Å². The van der Waals surface area contributed by atoms with E-state index in [2.05, 4.69) is 19.1 Å². The number of nitrogens with two attached hydrogens (primary N) is 1. The number of hydrogen-bond acceptors (Lipinski definition) is 4. The molecule has 0 amide bonds. The van der Waals surface area contributed by atoms with Gasteiger partial charge in [-0.2, -0.15) is 5.26 Å². The fourth-order valence-electron chi connectivity index (χ4n) is 4.63. The summed E-state index contributed by atoms with van der Waals surface area (Å²) in [6.45, 7) is 4.08. The van der Waals surface area contributed by atoms with Crippen molar-refractivity contribution in [1.82, 2.24) is 0 Å². The average Bonchev–Trinajstić information content (AvgIpc) is 3.53. The third-order valence-electron chi connectivity index (χ3n) is 6.55. The predicted molar refractivity (Wildman–Crippen MR) is 111 cm³/mol. The number of nitrogens with zero attached hydrogens (tertiary/aromatic N) is 2. The van der Waals surface area contributed by atoms with Crippen molar-refractivity contribution < 1.29 is 4.79 Å². The highest BCUT2D eigenvalue weighted by Crippen LogP contribution is 2.62. The molecule has 1 spiro atoms. The molecule has 0 radical (unpaired) electrons. The van der Waals surface area contributed by atoms with Gasteiger partial charge >= 0.3 is 0 Å². The van der Waals surface area contributed by atoms with E-state index >= 15 is 0 Å². The van der Waals surface area contributed by atoms with Gasteiger partial charge in [-0.3, -0.25) is 9.79 Å². The summed E-state index contributed by atoms with van der Waals surface area (Å²) < 4.78 is 0. The van der Waals surface area contributed by atoms with Crippen LogP contribution in [0.3, 0.4) is 0 Å². The first-order chi connectivity index (χ1) is 13.4. The normalized spacial score (nSPS) is 26.1. The zero-order valence-electron chi connectivity index (χ0n) is 16.4. The van der Waals surface area contributed by atoms with E-state index < -0.39 is 11.0 Å². The maximum atomic E-state index is 13.3. The third-order valence-corrected chi connectivity index (χ3v) is 6.55. The smallest absolute Gasteiger partial charge is 0.144 e. The molecule has 2 atom stereocenters. The number of aliphatic imine (C=N–C) groups is 1. The Morgan fingerprint density at radius 1 is 1.14 bits per heavy atom. The van der Waals surface area contributed by atoms with Crippen LogP contribution in [-0.4, -0.2) is 11.6 Å². The number of Topliss-reactive ketones (excluding diaryl/α,β-unsaturated/α-hetero) is 1. The second kappa shape index (κ2) is 6.60. The number of rotatable bonds is 2. The molecule has 1 aliphatic carbocycles. The van der Waals surface area contributed by atoms with E-state index in [1.54, 1.807) is 6.07 Å². The molecule has 28 heavy (non-hydrogen) atoms. The van der Waals surface area contributed by atoms with Crippen LogP contribution < -0.4 is 5.73 Å². The molecule has 4 nitrogen and oxygen atoms in total. The van der Waals surface area contributed by atoms with E-state index in [0.29, 0.717) is 23.6 Å². The Labute approximate surface area is 166 Å². The molecule has 2 aromatic rings. The van der Waals surface area contributed by atoms with Crippen LogP contribution in [-0.2, 0) is 10.3 Å². The van der Waals surface area contributed by atoms with E-state index in [1.807, 2.05) is 43.3 Å². The molecule has 0 bridgehead atoms. The summed E-state index contributed by atoms with van der Waals surface area (Å²) in [6, 6.07) is 18.0. The topological polar surface area (TPSA) is 79.2 Å². The maximum absolute atomic E-state index is 13.3. The van der Waals surface area contributed by atoms with Gasteiger partial charge in [0.1, 0.15) is 5.78 Å². The summed E-state index contributed by atoms with van der Waals surface area (Å²) in [5.74, 6) is 0.958. The van der Waals surface area contributed by atoms with Crippen LogP contribution >= 0.6 is 0 Å². The minimum Gasteiger partial charge on any atom is -0.387 e. The van der Waals surface area contributed by atoms with Crippen molar-refractivity contribution >= 4 is 11.6 Å². The van der Waals surface area contributed by atoms with Crippen molar-refractivity contribution in [1.29, 1.82) is 5.26 Å².